The Bertz CT molecular complexity index is 618. The first kappa shape index (κ1) is 19.7. The largest absolute Gasteiger partial charge is 0.495 e. The van der Waals surface area contributed by atoms with Gasteiger partial charge >= 0.3 is 7.12 Å². The topological polar surface area (TPSA) is 51.2 Å². The molecular weight excluding hydrogens is 329 g/mol. The van der Waals surface area contributed by atoms with Gasteiger partial charge in [-0.1, -0.05) is 6.07 Å². The minimum Gasteiger partial charge on any atom is -0.494 e. The van der Waals surface area contributed by atoms with E-state index in [2.05, 4.69) is 45.6 Å². The zero-order chi connectivity index (χ0) is 18.9. The molecule has 0 bridgehead atoms. The minimum atomic E-state index is -0.337. The van der Waals surface area contributed by atoms with Crippen LogP contribution in [0.4, 0.5) is 0 Å². The third-order valence-corrected chi connectivity index (χ3v) is 5.88. The molecule has 0 saturated carbocycles. The number of ether oxygens (including phenoxy) is 1. The fourth-order valence-electron chi connectivity index (χ4n) is 3.47. The van der Waals surface area contributed by atoms with Crippen LogP contribution in [-0.2, 0) is 9.31 Å². The summed E-state index contributed by atoms with van der Waals surface area (Å²) in [5.41, 5.74) is 1.51. The van der Waals surface area contributed by atoms with E-state index < -0.39 is 0 Å². The lowest BCUT2D eigenvalue weighted by atomic mass is 9.76. The Kier molecular flexibility index (Phi) is 5.68. The van der Waals surface area contributed by atoms with E-state index >= 15 is 0 Å². The van der Waals surface area contributed by atoms with Crippen molar-refractivity contribution in [2.75, 3.05) is 26.2 Å². The highest BCUT2D eigenvalue weighted by Gasteiger charge is 2.52. The average Bonchev–Trinajstić information content (AvgIpc) is 3.04. The number of β-amino-alcohol motifs (C(OH)–C–C–N with tert-alkyl or cyclic N) is 1. The average molecular weight is 361 g/mol. The van der Waals surface area contributed by atoms with E-state index in [1.165, 1.54) is 0 Å². The van der Waals surface area contributed by atoms with Gasteiger partial charge in [0.25, 0.3) is 0 Å². The highest BCUT2D eigenvalue weighted by atomic mass is 16.7. The smallest absolute Gasteiger partial charge is 0.494 e. The summed E-state index contributed by atoms with van der Waals surface area (Å²) in [4.78, 5) is 2.29. The molecule has 0 unspecified atom stereocenters. The monoisotopic (exact) mass is 361 g/mol. The van der Waals surface area contributed by atoms with Crippen LogP contribution in [-0.4, -0.2) is 60.7 Å². The van der Waals surface area contributed by atoms with Crippen LogP contribution in [0.25, 0.3) is 0 Å². The second kappa shape index (κ2) is 7.51. The molecule has 2 saturated heterocycles. The maximum atomic E-state index is 9.55. The van der Waals surface area contributed by atoms with E-state index in [-0.39, 0.29) is 24.4 Å². The summed E-state index contributed by atoms with van der Waals surface area (Å²) in [6, 6.07) is 6.09. The number of benzene rings is 1. The van der Waals surface area contributed by atoms with Gasteiger partial charge in [0.1, 0.15) is 5.75 Å². The van der Waals surface area contributed by atoms with E-state index in [0.717, 1.165) is 49.3 Å². The van der Waals surface area contributed by atoms with Crippen molar-refractivity contribution in [2.45, 2.75) is 64.8 Å². The molecule has 0 amide bonds. The molecule has 0 aromatic heterocycles. The van der Waals surface area contributed by atoms with E-state index in [1.54, 1.807) is 0 Å². The van der Waals surface area contributed by atoms with Crippen molar-refractivity contribution in [3.63, 3.8) is 0 Å². The zero-order valence-electron chi connectivity index (χ0n) is 16.7. The molecule has 1 atom stereocenters. The fourth-order valence-corrected chi connectivity index (χ4v) is 3.47. The van der Waals surface area contributed by atoms with Gasteiger partial charge in [0, 0.05) is 19.6 Å². The Hall–Kier alpha value is -1.08. The van der Waals surface area contributed by atoms with Crippen molar-refractivity contribution in [3.8, 4) is 5.75 Å². The molecule has 6 heteroatoms. The SMILES string of the molecule is Cc1cc(OCCCN2CC[C@@H](O)C2)ccc1B1OC(C)(C)C(C)(C)O1. The Morgan fingerprint density at radius 3 is 2.50 bits per heavy atom. The zero-order valence-corrected chi connectivity index (χ0v) is 16.7. The molecule has 2 fully saturated rings. The third kappa shape index (κ3) is 4.25. The fraction of sp³-hybridized carbons (Fsp3) is 0.700. The van der Waals surface area contributed by atoms with Gasteiger partial charge in [-0.2, -0.15) is 0 Å². The first-order valence-corrected chi connectivity index (χ1v) is 9.67. The number of aliphatic hydroxyl groups is 1. The van der Waals surface area contributed by atoms with Crippen molar-refractivity contribution < 1.29 is 19.2 Å². The Morgan fingerprint density at radius 1 is 1.23 bits per heavy atom. The molecule has 2 aliphatic heterocycles. The molecular formula is C20H32BNO4. The van der Waals surface area contributed by atoms with Crippen molar-refractivity contribution in [1.82, 2.24) is 4.90 Å². The molecule has 26 heavy (non-hydrogen) atoms. The van der Waals surface area contributed by atoms with Gasteiger partial charge in [0.05, 0.1) is 23.9 Å². The van der Waals surface area contributed by atoms with Crippen molar-refractivity contribution in [1.29, 1.82) is 0 Å². The van der Waals surface area contributed by atoms with E-state index in [9.17, 15) is 5.11 Å². The van der Waals surface area contributed by atoms with Crippen LogP contribution in [0.5, 0.6) is 5.75 Å². The quantitative estimate of drug-likeness (QED) is 0.622. The first-order valence-electron chi connectivity index (χ1n) is 9.67. The van der Waals surface area contributed by atoms with Crippen molar-refractivity contribution >= 4 is 12.6 Å². The Labute approximate surface area is 157 Å². The molecule has 3 rings (SSSR count). The summed E-state index contributed by atoms with van der Waals surface area (Å²) in [5.74, 6) is 0.879. The number of hydrogen-bond acceptors (Lipinski definition) is 5. The first-order chi connectivity index (χ1) is 12.2. The van der Waals surface area contributed by atoms with Crippen LogP contribution in [0.3, 0.4) is 0 Å². The maximum Gasteiger partial charge on any atom is 0.495 e. The molecule has 0 radical (unpaired) electrons. The molecule has 1 N–H and O–H groups in total. The van der Waals surface area contributed by atoms with E-state index in [4.69, 9.17) is 14.0 Å². The molecule has 0 aliphatic carbocycles. The lowest BCUT2D eigenvalue weighted by Crippen LogP contribution is -2.41. The molecule has 144 valence electrons. The molecule has 5 nitrogen and oxygen atoms in total. The van der Waals surface area contributed by atoms with Crippen LogP contribution in [0.2, 0.25) is 0 Å². The third-order valence-electron chi connectivity index (χ3n) is 5.88. The van der Waals surface area contributed by atoms with Crippen LogP contribution < -0.4 is 10.2 Å². The summed E-state index contributed by atoms with van der Waals surface area (Å²) < 4.78 is 18.2. The standard InChI is InChI=1S/C20H32BNO4/c1-15-13-17(24-12-6-10-22-11-9-16(23)14-22)7-8-18(15)21-25-19(2,3)20(4,5)26-21/h7-8,13,16,23H,6,9-12,14H2,1-5H3/t16-/m1/s1. The summed E-state index contributed by atoms with van der Waals surface area (Å²) >= 11 is 0. The highest BCUT2D eigenvalue weighted by Crippen LogP contribution is 2.36. The van der Waals surface area contributed by atoms with Crippen LogP contribution in [0.15, 0.2) is 18.2 Å². The van der Waals surface area contributed by atoms with Crippen molar-refractivity contribution in [3.05, 3.63) is 23.8 Å². The predicted octanol–water partition coefficient (Wildman–Crippen LogP) is 2.13. The van der Waals surface area contributed by atoms with Gasteiger partial charge in [-0.25, -0.2) is 0 Å². The predicted molar refractivity (Wildman–Crippen MR) is 104 cm³/mol. The number of nitrogens with zero attached hydrogens (tertiary/aromatic N) is 1. The minimum absolute atomic E-state index is 0.152. The summed E-state index contributed by atoms with van der Waals surface area (Å²) in [5, 5.41) is 9.55. The number of likely N-dealkylation sites (tertiary alicyclic amines) is 1. The molecule has 1 aromatic carbocycles. The number of aliphatic hydroxyl groups excluding tert-OH is 1. The Morgan fingerprint density at radius 2 is 1.92 bits per heavy atom. The van der Waals surface area contributed by atoms with Gasteiger partial charge < -0.3 is 24.1 Å². The lowest BCUT2D eigenvalue weighted by molar-refractivity contribution is 0.00578. The number of hydrogen-bond donors (Lipinski definition) is 1. The summed E-state index contributed by atoms with van der Waals surface area (Å²) in [7, 11) is -0.337. The molecule has 0 spiro atoms. The normalized spacial score (nSPS) is 25.0. The van der Waals surface area contributed by atoms with Crippen molar-refractivity contribution in [2.24, 2.45) is 0 Å². The highest BCUT2D eigenvalue weighted by molar-refractivity contribution is 6.62. The van der Waals surface area contributed by atoms with Gasteiger partial charge in [-0.3, -0.25) is 0 Å². The molecule has 1 aromatic rings. The van der Waals surface area contributed by atoms with Crippen LogP contribution >= 0.6 is 0 Å². The van der Waals surface area contributed by atoms with Gasteiger partial charge in [0.2, 0.25) is 0 Å². The van der Waals surface area contributed by atoms with Gasteiger partial charge in [-0.05, 0) is 70.6 Å². The Balaban J connectivity index is 1.52. The van der Waals surface area contributed by atoms with Crippen LogP contribution in [0, 0.1) is 6.92 Å². The summed E-state index contributed by atoms with van der Waals surface area (Å²) in [6.45, 7) is 13.8. The van der Waals surface area contributed by atoms with Gasteiger partial charge in [-0.15, -0.1) is 0 Å². The van der Waals surface area contributed by atoms with Crippen LogP contribution in [0.1, 0.15) is 46.1 Å². The number of rotatable bonds is 6. The number of aryl methyl sites for hydroxylation is 1. The summed E-state index contributed by atoms with van der Waals surface area (Å²) in [6.07, 6.45) is 1.70. The lowest BCUT2D eigenvalue weighted by Gasteiger charge is -2.32. The second-order valence-electron chi connectivity index (χ2n) is 8.55. The molecule has 2 aliphatic rings. The molecule has 2 heterocycles. The van der Waals surface area contributed by atoms with E-state index in [0.29, 0.717) is 6.61 Å². The van der Waals surface area contributed by atoms with Gasteiger partial charge in [0.15, 0.2) is 0 Å². The maximum absolute atomic E-state index is 9.55. The van der Waals surface area contributed by atoms with E-state index in [1.807, 2.05) is 12.1 Å². The second-order valence-corrected chi connectivity index (χ2v) is 8.55.